The second-order valence-corrected chi connectivity index (χ2v) is 8.34. The molecule has 3 rings (SSSR count). The molecular formula is C20H31N3O3. The second-order valence-electron chi connectivity index (χ2n) is 8.34. The average molecular weight is 361 g/mol. The zero-order valence-corrected chi connectivity index (χ0v) is 16.1. The van der Waals surface area contributed by atoms with Gasteiger partial charge in [0.15, 0.2) is 0 Å². The minimum absolute atomic E-state index is 0.0720. The van der Waals surface area contributed by atoms with Gasteiger partial charge in [0.05, 0.1) is 17.7 Å². The third-order valence-corrected chi connectivity index (χ3v) is 6.06. The Bertz CT molecular complexity index is 622. The molecule has 6 nitrogen and oxygen atoms in total. The summed E-state index contributed by atoms with van der Waals surface area (Å²) in [5.41, 5.74) is 0.119. The quantitative estimate of drug-likeness (QED) is 0.810. The van der Waals surface area contributed by atoms with Crippen molar-refractivity contribution < 1.29 is 14.1 Å². The summed E-state index contributed by atoms with van der Waals surface area (Å²) in [6, 6.07) is 1.70. The minimum Gasteiger partial charge on any atom is -0.364 e. The van der Waals surface area contributed by atoms with Gasteiger partial charge in [-0.2, -0.15) is 0 Å². The van der Waals surface area contributed by atoms with Gasteiger partial charge in [0.2, 0.25) is 11.8 Å². The number of aromatic nitrogens is 1. The summed E-state index contributed by atoms with van der Waals surface area (Å²) in [5, 5.41) is 6.90. The lowest BCUT2D eigenvalue weighted by molar-refractivity contribution is -0.142. The SMILES string of the molecule is CCCCC1(C(=O)N2CCC(C)(NC(=O)Cc3ccon3)C2)CCCC1. The van der Waals surface area contributed by atoms with E-state index >= 15 is 0 Å². The second kappa shape index (κ2) is 7.80. The van der Waals surface area contributed by atoms with Crippen LogP contribution in [0.2, 0.25) is 0 Å². The molecule has 2 amide bonds. The van der Waals surface area contributed by atoms with Crippen LogP contribution in [-0.2, 0) is 16.0 Å². The van der Waals surface area contributed by atoms with Crippen LogP contribution < -0.4 is 5.32 Å². The van der Waals surface area contributed by atoms with Crippen LogP contribution in [-0.4, -0.2) is 40.5 Å². The Morgan fingerprint density at radius 3 is 2.73 bits per heavy atom. The van der Waals surface area contributed by atoms with Crippen molar-refractivity contribution in [2.45, 2.75) is 77.2 Å². The number of nitrogens with one attached hydrogen (secondary N) is 1. The van der Waals surface area contributed by atoms with E-state index in [1.54, 1.807) is 6.07 Å². The van der Waals surface area contributed by atoms with Crippen LogP contribution in [0.3, 0.4) is 0 Å². The first-order chi connectivity index (χ1) is 12.5. The van der Waals surface area contributed by atoms with Gasteiger partial charge in [0, 0.05) is 24.6 Å². The average Bonchev–Trinajstić information content (AvgIpc) is 3.34. The Balaban J connectivity index is 1.59. The zero-order valence-electron chi connectivity index (χ0n) is 16.1. The highest BCUT2D eigenvalue weighted by Crippen LogP contribution is 2.44. The van der Waals surface area contributed by atoms with Crippen molar-refractivity contribution in [1.29, 1.82) is 0 Å². The molecule has 0 spiro atoms. The van der Waals surface area contributed by atoms with Crippen LogP contribution >= 0.6 is 0 Å². The van der Waals surface area contributed by atoms with Crippen molar-refractivity contribution in [3.05, 3.63) is 18.0 Å². The molecule has 1 aromatic heterocycles. The number of carbonyl (C=O) groups is 2. The molecule has 6 heteroatoms. The van der Waals surface area contributed by atoms with Gasteiger partial charge in [-0.25, -0.2) is 0 Å². The van der Waals surface area contributed by atoms with Gasteiger partial charge in [0.25, 0.3) is 0 Å². The Morgan fingerprint density at radius 1 is 1.31 bits per heavy atom. The fourth-order valence-electron chi connectivity index (χ4n) is 4.58. The fraction of sp³-hybridized carbons (Fsp3) is 0.750. The van der Waals surface area contributed by atoms with Crippen LogP contribution in [0, 0.1) is 5.41 Å². The molecule has 0 bridgehead atoms. The summed E-state index contributed by atoms with van der Waals surface area (Å²) < 4.78 is 4.78. The number of rotatable bonds is 7. The number of likely N-dealkylation sites (tertiary alicyclic amines) is 1. The first-order valence-corrected chi connectivity index (χ1v) is 9.96. The lowest BCUT2D eigenvalue weighted by Crippen LogP contribution is -2.50. The monoisotopic (exact) mass is 361 g/mol. The van der Waals surface area contributed by atoms with Crippen molar-refractivity contribution in [2.24, 2.45) is 5.41 Å². The molecule has 144 valence electrons. The number of amides is 2. The maximum absolute atomic E-state index is 13.3. The van der Waals surface area contributed by atoms with E-state index in [9.17, 15) is 9.59 Å². The number of nitrogens with zero attached hydrogens (tertiary/aromatic N) is 2. The number of hydrogen-bond donors (Lipinski definition) is 1. The van der Waals surface area contributed by atoms with E-state index in [4.69, 9.17) is 4.52 Å². The highest BCUT2D eigenvalue weighted by atomic mass is 16.5. The zero-order chi connectivity index (χ0) is 18.6. The summed E-state index contributed by atoms with van der Waals surface area (Å²) >= 11 is 0. The summed E-state index contributed by atoms with van der Waals surface area (Å²) in [7, 11) is 0. The van der Waals surface area contributed by atoms with Gasteiger partial charge >= 0.3 is 0 Å². The number of hydrogen-bond acceptors (Lipinski definition) is 4. The topological polar surface area (TPSA) is 75.4 Å². The summed E-state index contributed by atoms with van der Waals surface area (Å²) in [6.45, 7) is 5.55. The molecule has 0 radical (unpaired) electrons. The molecule has 2 aliphatic rings. The Hall–Kier alpha value is -1.85. The molecule has 1 saturated heterocycles. The predicted molar refractivity (Wildman–Crippen MR) is 98.4 cm³/mol. The van der Waals surface area contributed by atoms with Crippen molar-refractivity contribution in [3.63, 3.8) is 0 Å². The third-order valence-electron chi connectivity index (χ3n) is 6.06. The maximum atomic E-state index is 13.3. The first-order valence-electron chi connectivity index (χ1n) is 9.96. The highest BCUT2D eigenvalue weighted by Gasteiger charge is 2.46. The van der Waals surface area contributed by atoms with E-state index < -0.39 is 0 Å². The molecule has 0 aromatic carbocycles. The van der Waals surface area contributed by atoms with E-state index in [0.717, 1.165) is 57.9 Å². The van der Waals surface area contributed by atoms with E-state index in [0.29, 0.717) is 18.1 Å². The van der Waals surface area contributed by atoms with Crippen molar-refractivity contribution >= 4 is 11.8 Å². The molecule has 2 heterocycles. The van der Waals surface area contributed by atoms with Gasteiger partial charge in [-0.05, 0) is 32.6 Å². The Morgan fingerprint density at radius 2 is 2.08 bits per heavy atom. The van der Waals surface area contributed by atoms with E-state index in [2.05, 4.69) is 17.4 Å². The van der Waals surface area contributed by atoms with Gasteiger partial charge in [0.1, 0.15) is 6.26 Å². The fourth-order valence-corrected chi connectivity index (χ4v) is 4.58. The molecule has 26 heavy (non-hydrogen) atoms. The van der Waals surface area contributed by atoms with Crippen LogP contribution in [0.4, 0.5) is 0 Å². The number of carbonyl (C=O) groups excluding carboxylic acids is 2. The van der Waals surface area contributed by atoms with Crippen LogP contribution in [0.1, 0.15) is 70.9 Å². The maximum Gasteiger partial charge on any atom is 0.228 e. The van der Waals surface area contributed by atoms with Gasteiger partial charge in [-0.15, -0.1) is 0 Å². The molecule has 1 aromatic rings. The summed E-state index contributed by atoms with van der Waals surface area (Å²) in [6.07, 6.45) is 10.1. The van der Waals surface area contributed by atoms with Crippen LogP contribution in [0.5, 0.6) is 0 Å². The highest BCUT2D eigenvalue weighted by molar-refractivity contribution is 5.84. The van der Waals surface area contributed by atoms with Crippen molar-refractivity contribution in [3.8, 4) is 0 Å². The first kappa shape index (κ1) is 18.9. The van der Waals surface area contributed by atoms with Crippen LogP contribution in [0.15, 0.2) is 16.9 Å². The molecule has 1 aliphatic heterocycles. The normalized spacial score (nSPS) is 24.8. The minimum atomic E-state index is -0.360. The van der Waals surface area contributed by atoms with Crippen molar-refractivity contribution in [2.75, 3.05) is 13.1 Å². The lowest BCUT2D eigenvalue weighted by atomic mass is 9.79. The molecule has 1 saturated carbocycles. The van der Waals surface area contributed by atoms with Crippen LogP contribution in [0.25, 0.3) is 0 Å². The van der Waals surface area contributed by atoms with Crippen molar-refractivity contribution in [1.82, 2.24) is 15.4 Å². The standard InChI is InChI=1S/C20H31N3O3/c1-3-4-8-20(9-5-6-10-20)18(25)23-12-11-19(2,15-23)21-17(24)14-16-7-13-26-22-16/h7,13H,3-6,8-12,14-15H2,1-2H3,(H,21,24). The van der Waals surface area contributed by atoms with E-state index in [-0.39, 0.29) is 23.3 Å². The number of unbranched alkanes of at least 4 members (excludes halogenated alkanes) is 1. The summed E-state index contributed by atoms with van der Waals surface area (Å²) in [5.74, 6) is 0.246. The molecule has 1 aliphatic carbocycles. The largest absolute Gasteiger partial charge is 0.364 e. The smallest absolute Gasteiger partial charge is 0.228 e. The third kappa shape index (κ3) is 4.10. The van der Waals surface area contributed by atoms with E-state index in [1.165, 1.54) is 6.26 Å². The van der Waals surface area contributed by atoms with E-state index in [1.807, 2.05) is 11.8 Å². The van der Waals surface area contributed by atoms with Gasteiger partial charge in [-0.1, -0.05) is 37.8 Å². The molecule has 1 unspecified atom stereocenters. The lowest BCUT2D eigenvalue weighted by Gasteiger charge is -2.33. The molecule has 2 fully saturated rings. The Kier molecular flexibility index (Phi) is 5.68. The predicted octanol–water partition coefficient (Wildman–Crippen LogP) is 3.07. The van der Waals surface area contributed by atoms with Gasteiger partial charge < -0.3 is 14.7 Å². The Labute approximate surface area is 155 Å². The van der Waals surface area contributed by atoms with Gasteiger partial charge in [-0.3, -0.25) is 9.59 Å². The summed E-state index contributed by atoms with van der Waals surface area (Å²) in [4.78, 5) is 27.6. The molecule has 1 N–H and O–H groups in total. The molecule has 1 atom stereocenters. The molecular weight excluding hydrogens is 330 g/mol.